The number of nitrogens with zero attached hydrogens (tertiary/aromatic N) is 2. The first-order chi connectivity index (χ1) is 12.0. The van der Waals surface area contributed by atoms with Crippen molar-refractivity contribution in [2.75, 3.05) is 10.6 Å². The molecular formula is C18H25BN4O2. The molecule has 0 spiro atoms. The van der Waals surface area contributed by atoms with Gasteiger partial charge in [0.2, 0.25) is 5.95 Å². The molecule has 25 heavy (non-hydrogen) atoms. The molecule has 0 saturated carbocycles. The molecule has 6 nitrogen and oxygen atoms in total. The van der Waals surface area contributed by atoms with Crippen molar-refractivity contribution in [2.24, 2.45) is 0 Å². The van der Waals surface area contributed by atoms with E-state index >= 15 is 0 Å². The molecule has 0 radical (unpaired) electrons. The van der Waals surface area contributed by atoms with Crippen molar-refractivity contribution >= 4 is 30.0 Å². The number of aromatic nitrogens is 2. The third-order valence-electron chi connectivity index (χ3n) is 4.68. The Labute approximate surface area is 149 Å². The lowest BCUT2D eigenvalue weighted by molar-refractivity contribution is 0.209. The minimum atomic E-state index is -0.842. The van der Waals surface area contributed by atoms with Gasteiger partial charge in [0.15, 0.2) is 0 Å². The van der Waals surface area contributed by atoms with E-state index in [1.807, 2.05) is 38.2 Å². The zero-order chi connectivity index (χ0) is 18.0. The molecule has 3 N–H and O–H groups in total. The van der Waals surface area contributed by atoms with Crippen LogP contribution >= 0.6 is 0 Å². The lowest BCUT2D eigenvalue weighted by atomic mass is 9.79. The molecule has 1 unspecified atom stereocenters. The molecule has 0 bridgehead atoms. The van der Waals surface area contributed by atoms with Gasteiger partial charge in [0.1, 0.15) is 5.82 Å². The third kappa shape index (κ3) is 3.77. The number of anilines is 3. The average Bonchev–Trinajstić information content (AvgIpc) is 2.89. The monoisotopic (exact) mass is 340 g/mol. The van der Waals surface area contributed by atoms with Gasteiger partial charge in [-0.25, -0.2) is 4.98 Å². The summed E-state index contributed by atoms with van der Waals surface area (Å²) in [6.07, 6.45) is 3.79. The molecule has 2 aromatic rings. The second-order valence-electron chi connectivity index (χ2n) is 6.48. The fourth-order valence-electron chi connectivity index (χ4n) is 3.03. The molecule has 1 aliphatic rings. The summed E-state index contributed by atoms with van der Waals surface area (Å²) in [5, 5.41) is 16.6. The molecule has 0 fully saturated rings. The molecule has 3 rings (SSSR count). The van der Waals surface area contributed by atoms with Crippen molar-refractivity contribution in [3.63, 3.8) is 0 Å². The van der Waals surface area contributed by atoms with Gasteiger partial charge >= 0.3 is 7.12 Å². The Balaban J connectivity index is 1.81. The first kappa shape index (κ1) is 17.7. The molecule has 0 amide bonds. The minimum absolute atomic E-state index is 0.127. The zero-order valence-corrected chi connectivity index (χ0v) is 15.2. The van der Waals surface area contributed by atoms with Crippen LogP contribution in [0, 0.1) is 6.92 Å². The maximum absolute atomic E-state index is 9.85. The molecule has 1 atom stereocenters. The lowest BCUT2D eigenvalue weighted by Crippen LogP contribution is -2.27. The highest BCUT2D eigenvalue weighted by atomic mass is 16.5. The maximum Gasteiger partial charge on any atom is 0.491 e. The van der Waals surface area contributed by atoms with E-state index in [9.17, 15) is 5.02 Å². The predicted molar refractivity (Wildman–Crippen MR) is 102 cm³/mol. The van der Waals surface area contributed by atoms with Crippen molar-refractivity contribution in [2.45, 2.75) is 52.7 Å². The number of nitrogens with one attached hydrogen (secondary N) is 2. The normalized spacial score (nSPS) is 16.2. The highest BCUT2D eigenvalue weighted by Gasteiger charge is 2.32. The number of aryl methyl sites for hydroxylation is 1. The summed E-state index contributed by atoms with van der Waals surface area (Å²) in [5.74, 6) is 1.41. The third-order valence-corrected chi connectivity index (χ3v) is 4.68. The Morgan fingerprint density at radius 2 is 2.08 bits per heavy atom. The highest BCUT2D eigenvalue weighted by Crippen LogP contribution is 2.26. The van der Waals surface area contributed by atoms with Crippen molar-refractivity contribution in [3.8, 4) is 0 Å². The van der Waals surface area contributed by atoms with E-state index in [1.54, 1.807) is 0 Å². The van der Waals surface area contributed by atoms with Crippen LogP contribution in [-0.2, 0) is 4.65 Å². The zero-order valence-electron chi connectivity index (χ0n) is 15.2. The number of fused-ring (bicyclic) bond motifs is 1. The molecular weight excluding hydrogens is 315 g/mol. The largest absolute Gasteiger partial charge is 0.491 e. The standard InChI is InChI=1S/C18H25BN4O2/c1-5-13(6-2)21-17-11(3)10-20-18(23-17)22-14-7-8-16-15(9-14)12(4)25-19(16)24/h7-10,12-13,24H,5-6H2,1-4H3,(H2,20,21,22,23). The van der Waals surface area contributed by atoms with Crippen LogP contribution in [0.5, 0.6) is 0 Å². The molecule has 132 valence electrons. The van der Waals surface area contributed by atoms with Gasteiger partial charge in [0.25, 0.3) is 0 Å². The quantitative estimate of drug-likeness (QED) is 0.702. The van der Waals surface area contributed by atoms with Gasteiger partial charge in [0, 0.05) is 23.5 Å². The van der Waals surface area contributed by atoms with E-state index < -0.39 is 7.12 Å². The Hall–Kier alpha value is -2.12. The van der Waals surface area contributed by atoms with E-state index in [-0.39, 0.29) is 6.10 Å². The summed E-state index contributed by atoms with van der Waals surface area (Å²) in [5.41, 5.74) is 3.70. The molecule has 1 aromatic carbocycles. The smallest absolute Gasteiger partial charge is 0.423 e. The fourth-order valence-corrected chi connectivity index (χ4v) is 3.03. The van der Waals surface area contributed by atoms with Crippen LogP contribution in [0.2, 0.25) is 0 Å². The Morgan fingerprint density at radius 1 is 1.32 bits per heavy atom. The maximum atomic E-state index is 9.85. The van der Waals surface area contributed by atoms with Crippen molar-refractivity contribution in [1.82, 2.24) is 9.97 Å². The van der Waals surface area contributed by atoms with E-state index in [0.717, 1.165) is 40.9 Å². The van der Waals surface area contributed by atoms with Gasteiger partial charge in [-0.05, 0) is 49.8 Å². The molecule has 7 heteroatoms. The van der Waals surface area contributed by atoms with Gasteiger partial charge < -0.3 is 20.3 Å². The van der Waals surface area contributed by atoms with Crippen LogP contribution in [-0.4, -0.2) is 28.2 Å². The molecule has 1 aromatic heterocycles. The summed E-state index contributed by atoms with van der Waals surface area (Å²) in [6, 6.07) is 6.17. The van der Waals surface area contributed by atoms with Crippen LogP contribution in [0.4, 0.5) is 17.5 Å². The molecule has 0 aliphatic carbocycles. The average molecular weight is 340 g/mol. The van der Waals surface area contributed by atoms with Crippen LogP contribution in [0.3, 0.4) is 0 Å². The van der Waals surface area contributed by atoms with Gasteiger partial charge in [-0.3, -0.25) is 0 Å². The molecule has 2 heterocycles. The Kier molecular flexibility index (Phi) is 5.25. The van der Waals surface area contributed by atoms with E-state index in [4.69, 9.17) is 4.65 Å². The summed E-state index contributed by atoms with van der Waals surface area (Å²) in [4.78, 5) is 8.99. The summed E-state index contributed by atoms with van der Waals surface area (Å²) in [7, 11) is -0.842. The lowest BCUT2D eigenvalue weighted by Gasteiger charge is -2.17. The Bertz CT molecular complexity index is 752. The number of benzene rings is 1. The van der Waals surface area contributed by atoms with Gasteiger partial charge in [0.05, 0.1) is 6.10 Å². The van der Waals surface area contributed by atoms with Crippen LogP contribution in [0.15, 0.2) is 24.4 Å². The van der Waals surface area contributed by atoms with Gasteiger partial charge in [-0.1, -0.05) is 19.9 Å². The molecule has 1 aliphatic heterocycles. The summed E-state index contributed by atoms with van der Waals surface area (Å²) in [6.45, 7) is 8.27. The van der Waals surface area contributed by atoms with E-state index in [0.29, 0.717) is 12.0 Å². The summed E-state index contributed by atoms with van der Waals surface area (Å²) < 4.78 is 5.43. The first-order valence-corrected chi connectivity index (χ1v) is 8.86. The minimum Gasteiger partial charge on any atom is -0.423 e. The second-order valence-corrected chi connectivity index (χ2v) is 6.48. The van der Waals surface area contributed by atoms with Gasteiger partial charge in [-0.2, -0.15) is 4.98 Å². The predicted octanol–water partition coefficient (Wildman–Crippen LogP) is 2.91. The van der Waals surface area contributed by atoms with Crippen LogP contribution < -0.4 is 16.1 Å². The van der Waals surface area contributed by atoms with E-state index in [1.165, 1.54) is 0 Å². The fraction of sp³-hybridized carbons (Fsp3) is 0.444. The second kappa shape index (κ2) is 7.41. The highest BCUT2D eigenvalue weighted by molar-refractivity contribution is 6.61. The van der Waals surface area contributed by atoms with Gasteiger partial charge in [-0.15, -0.1) is 0 Å². The van der Waals surface area contributed by atoms with Crippen LogP contribution in [0.25, 0.3) is 0 Å². The topological polar surface area (TPSA) is 79.3 Å². The van der Waals surface area contributed by atoms with E-state index in [2.05, 4.69) is 34.4 Å². The molecule has 0 saturated heterocycles. The van der Waals surface area contributed by atoms with Crippen molar-refractivity contribution in [3.05, 3.63) is 35.5 Å². The SMILES string of the molecule is CCC(CC)Nc1nc(Nc2ccc3c(c2)C(C)OB3O)ncc1C. The summed E-state index contributed by atoms with van der Waals surface area (Å²) >= 11 is 0. The van der Waals surface area contributed by atoms with Crippen molar-refractivity contribution < 1.29 is 9.68 Å². The van der Waals surface area contributed by atoms with Crippen molar-refractivity contribution in [1.29, 1.82) is 0 Å². The van der Waals surface area contributed by atoms with Crippen LogP contribution in [0.1, 0.15) is 50.8 Å². The number of rotatable bonds is 6. The first-order valence-electron chi connectivity index (χ1n) is 8.86. The number of hydrogen-bond acceptors (Lipinski definition) is 6. The number of hydrogen-bond donors (Lipinski definition) is 3. The Morgan fingerprint density at radius 3 is 2.80 bits per heavy atom.